The van der Waals surface area contributed by atoms with Crippen LogP contribution >= 0.6 is 7.92 Å². The van der Waals surface area contributed by atoms with E-state index in [4.69, 9.17) is 10.5 Å². The number of hydrogen-bond donors (Lipinski definition) is 3. The minimum atomic E-state index is -0.557. The van der Waals surface area contributed by atoms with Gasteiger partial charge in [0.05, 0.1) is 12.6 Å². The molecule has 0 spiro atoms. The molecule has 34 heavy (non-hydrogen) atoms. The third-order valence-corrected chi connectivity index (χ3v) is 6.42. The standard InChI is InChI=1S/C22H31N8O3P/c1-22(2,3)33-21(32)25-14-8-9-29(12-14)15-7-6-13(10-24-15)11-30-18-16(26-20(30)31)17(23)27-19(28-18)34(4)5/h6-7,10,14H,8-9,11-12H2,1-5H3,(H,25,32)(H,26,31)(H2,23,27,28). The normalized spacial score (nSPS) is 16.4. The van der Waals surface area contributed by atoms with Gasteiger partial charge in [0.1, 0.15) is 16.9 Å². The number of nitrogens with two attached hydrogens (primary N) is 1. The number of carbonyl (C=O) groups excluding carboxylic acids is 1. The molecule has 0 bridgehead atoms. The Morgan fingerprint density at radius 1 is 1.32 bits per heavy atom. The molecule has 12 heteroatoms. The quantitative estimate of drug-likeness (QED) is 0.462. The fraction of sp³-hybridized carbons (Fsp3) is 0.500. The van der Waals surface area contributed by atoms with Gasteiger partial charge in [0.15, 0.2) is 17.0 Å². The molecule has 1 aliphatic heterocycles. The summed E-state index contributed by atoms with van der Waals surface area (Å²) in [5.41, 5.74) is 7.72. The molecule has 182 valence electrons. The molecule has 1 amide bonds. The highest BCUT2D eigenvalue weighted by Gasteiger charge is 2.27. The minimum Gasteiger partial charge on any atom is -0.444 e. The molecule has 3 aromatic rings. The highest BCUT2D eigenvalue weighted by atomic mass is 31.1. The number of amides is 1. The maximum absolute atomic E-state index is 12.6. The average molecular weight is 487 g/mol. The zero-order chi connectivity index (χ0) is 24.6. The molecule has 1 unspecified atom stereocenters. The molecule has 0 aromatic carbocycles. The van der Waals surface area contributed by atoms with Gasteiger partial charge in [-0.1, -0.05) is 6.07 Å². The lowest BCUT2D eigenvalue weighted by molar-refractivity contribution is 0.0509. The molecule has 1 fully saturated rings. The van der Waals surface area contributed by atoms with Crippen LogP contribution < -0.4 is 27.2 Å². The number of rotatable bonds is 5. The number of hydrogen-bond acceptors (Lipinski definition) is 8. The van der Waals surface area contributed by atoms with Crippen molar-refractivity contribution in [2.45, 2.75) is 45.4 Å². The van der Waals surface area contributed by atoms with Gasteiger partial charge in [-0.25, -0.2) is 24.5 Å². The molecule has 1 aliphatic rings. The van der Waals surface area contributed by atoms with Crippen molar-refractivity contribution in [2.24, 2.45) is 0 Å². The fourth-order valence-corrected chi connectivity index (χ4v) is 4.43. The van der Waals surface area contributed by atoms with Gasteiger partial charge in [-0.15, -0.1) is 0 Å². The van der Waals surface area contributed by atoms with E-state index in [0.29, 0.717) is 29.8 Å². The van der Waals surface area contributed by atoms with Crippen molar-refractivity contribution in [1.82, 2.24) is 29.8 Å². The third-order valence-electron chi connectivity index (χ3n) is 5.42. The molecule has 0 saturated carbocycles. The Morgan fingerprint density at radius 3 is 2.74 bits per heavy atom. The van der Waals surface area contributed by atoms with Crippen molar-refractivity contribution in [1.29, 1.82) is 0 Å². The van der Waals surface area contributed by atoms with Crippen molar-refractivity contribution in [2.75, 3.05) is 37.1 Å². The molecule has 11 nitrogen and oxygen atoms in total. The first-order valence-electron chi connectivity index (χ1n) is 11.1. The second kappa shape index (κ2) is 9.21. The SMILES string of the molecule is CP(C)c1nc(N)c2[nH]c(=O)n(Cc3ccc(N4CCC(NC(=O)OC(C)(C)C)C4)nc3)c2n1. The Hall–Kier alpha value is -3.20. The second-order valence-corrected chi connectivity index (χ2v) is 11.8. The first-order chi connectivity index (χ1) is 16.0. The molecule has 4 heterocycles. The summed E-state index contributed by atoms with van der Waals surface area (Å²) in [4.78, 5) is 43.0. The van der Waals surface area contributed by atoms with E-state index in [1.165, 1.54) is 0 Å². The van der Waals surface area contributed by atoms with Crippen LogP contribution in [0.4, 0.5) is 16.4 Å². The van der Waals surface area contributed by atoms with Crippen molar-refractivity contribution in [3.63, 3.8) is 0 Å². The molecule has 1 atom stereocenters. The van der Waals surface area contributed by atoms with Gasteiger partial charge in [0.2, 0.25) is 0 Å². The molecular weight excluding hydrogens is 455 g/mol. The average Bonchev–Trinajstić information content (AvgIpc) is 3.32. The summed E-state index contributed by atoms with van der Waals surface area (Å²) in [6, 6.07) is 3.88. The van der Waals surface area contributed by atoms with Crippen LogP contribution in [-0.4, -0.2) is 68.7 Å². The highest BCUT2D eigenvalue weighted by molar-refractivity contribution is 7.63. The summed E-state index contributed by atoms with van der Waals surface area (Å²) in [6.45, 7) is 11.4. The van der Waals surface area contributed by atoms with Gasteiger partial charge >= 0.3 is 11.8 Å². The van der Waals surface area contributed by atoms with E-state index in [-0.39, 0.29) is 17.5 Å². The second-order valence-electron chi connectivity index (χ2n) is 9.62. The van der Waals surface area contributed by atoms with Crippen LogP contribution in [0, 0.1) is 0 Å². The largest absolute Gasteiger partial charge is 0.444 e. The Labute approximate surface area is 198 Å². The van der Waals surface area contributed by atoms with Crippen LogP contribution in [-0.2, 0) is 11.3 Å². The third kappa shape index (κ3) is 5.30. The summed E-state index contributed by atoms with van der Waals surface area (Å²) in [7, 11) is -0.557. The first-order valence-corrected chi connectivity index (χ1v) is 13.4. The van der Waals surface area contributed by atoms with Crippen LogP contribution in [0.25, 0.3) is 11.2 Å². The number of alkyl carbamates (subject to hydrolysis) is 1. The lowest BCUT2D eigenvalue weighted by Gasteiger charge is -2.22. The van der Waals surface area contributed by atoms with E-state index in [1.807, 2.05) is 46.2 Å². The molecule has 1 saturated heterocycles. The zero-order valence-electron chi connectivity index (χ0n) is 20.1. The number of nitrogens with one attached hydrogen (secondary N) is 2. The van der Waals surface area contributed by atoms with E-state index in [0.717, 1.165) is 24.3 Å². The number of aromatic amines is 1. The van der Waals surface area contributed by atoms with Crippen LogP contribution in [0.15, 0.2) is 23.1 Å². The van der Waals surface area contributed by atoms with Crippen LogP contribution in [0.1, 0.15) is 32.8 Å². The molecule has 4 N–H and O–H groups in total. The number of nitrogen functional groups attached to an aromatic ring is 1. The Bertz CT molecular complexity index is 1250. The van der Waals surface area contributed by atoms with Gasteiger partial charge in [-0.05, 0) is 60.1 Å². The van der Waals surface area contributed by atoms with Gasteiger partial charge in [-0.3, -0.25) is 4.57 Å². The maximum Gasteiger partial charge on any atom is 0.407 e. The predicted octanol–water partition coefficient (Wildman–Crippen LogP) is 1.62. The number of fused-ring (bicyclic) bond motifs is 1. The number of H-pyrrole nitrogens is 1. The van der Waals surface area contributed by atoms with Gasteiger partial charge in [0.25, 0.3) is 0 Å². The lowest BCUT2D eigenvalue weighted by Crippen LogP contribution is -2.40. The van der Waals surface area contributed by atoms with E-state index < -0.39 is 19.6 Å². The lowest BCUT2D eigenvalue weighted by atomic mass is 10.2. The van der Waals surface area contributed by atoms with Gasteiger partial charge in [0, 0.05) is 19.3 Å². The first kappa shape index (κ1) is 23.9. The van der Waals surface area contributed by atoms with Crippen molar-refractivity contribution in [3.05, 3.63) is 34.4 Å². The van der Waals surface area contributed by atoms with E-state index >= 15 is 0 Å². The molecule has 4 rings (SSSR count). The van der Waals surface area contributed by atoms with Gasteiger partial charge < -0.3 is 25.7 Å². The predicted molar refractivity (Wildman–Crippen MR) is 134 cm³/mol. The number of carbonyl (C=O) groups is 1. The Morgan fingerprint density at radius 2 is 2.09 bits per heavy atom. The summed E-state index contributed by atoms with van der Waals surface area (Å²) < 4.78 is 6.90. The van der Waals surface area contributed by atoms with E-state index in [2.05, 4.69) is 30.2 Å². The minimum absolute atomic E-state index is 0.00285. The molecule has 0 radical (unpaired) electrons. The van der Waals surface area contributed by atoms with Crippen LogP contribution in [0.3, 0.4) is 0 Å². The smallest absolute Gasteiger partial charge is 0.407 e. The maximum atomic E-state index is 12.6. The number of ether oxygens (including phenoxy) is 1. The Kier molecular flexibility index (Phi) is 6.49. The van der Waals surface area contributed by atoms with Crippen molar-refractivity contribution < 1.29 is 9.53 Å². The number of nitrogens with zero attached hydrogens (tertiary/aromatic N) is 5. The van der Waals surface area contributed by atoms with E-state index in [9.17, 15) is 9.59 Å². The molecular formula is C22H31N8O3P. The summed E-state index contributed by atoms with van der Waals surface area (Å²) >= 11 is 0. The zero-order valence-corrected chi connectivity index (χ0v) is 21.0. The molecule has 0 aliphatic carbocycles. The highest BCUT2D eigenvalue weighted by Crippen LogP contribution is 2.24. The number of aromatic nitrogens is 5. The summed E-state index contributed by atoms with van der Waals surface area (Å²) in [5, 5.41) is 2.92. The Balaban J connectivity index is 1.45. The fourth-order valence-electron chi connectivity index (χ4n) is 3.83. The monoisotopic (exact) mass is 486 g/mol. The number of pyridine rings is 1. The van der Waals surface area contributed by atoms with Crippen LogP contribution in [0.5, 0.6) is 0 Å². The van der Waals surface area contributed by atoms with Crippen molar-refractivity contribution >= 4 is 42.4 Å². The van der Waals surface area contributed by atoms with Gasteiger partial charge in [-0.2, -0.15) is 0 Å². The number of anilines is 2. The summed E-state index contributed by atoms with van der Waals surface area (Å²) in [5.74, 6) is 1.10. The molecule has 3 aromatic heterocycles. The van der Waals surface area contributed by atoms with Crippen molar-refractivity contribution in [3.8, 4) is 0 Å². The van der Waals surface area contributed by atoms with Crippen LogP contribution in [0.2, 0.25) is 0 Å². The number of imidazole rings is 1. The topological polar surface area (TPSA) is 144 Å². The summed E-state index contributed by atoms with van der Waals surface area (Å²) in [6.07, 6.45) is 2.17. The van der Waals surface area contributed by atoms with E-state index in [1.54, 1.807) is 10.8 Å².